The fraction of sp³-hybridized carbons (Fsp3) is 0.625. The summed E-state index contributed by atoms with van der Waals surface area (Å²) in [6, 6.07) is 15.2. The lowest BCUT2D eigenvalue weighted by molar-refractivity contribution is 0.442. The van der Waals surface area contributed by atoms with Gasteiger partial charge in [-0.25, -0.2) is 0 Å². The van der Waals surface area contributed by atoms with Crippen LogP contribution in [0.3, 0.4) is 0 Å². The Labute approximate surface area is 113 Å². The SMILES string of the molecule is c1ccc(N(C2CCCCC2)[SiH]2CCCC2)cc1. The average molecular weight is 259 g/mol. The Morgan fingerprint density at radius 3 is 2.17 bits per heavy atom. The summed E-state index contributed by atoms with van der Waals surface area (Å²) in [5, 5.41) is 0. The lowest BCUT2D eigenvalue weighted by Gasteiger charge is -2.40. The Morgan fingerprint density at radius 2 is 1.50 bits per heavy atom. The number of hydrogen-bond donors (Lipinski definition) is 0. The fourth-order valence-corrected chi connectivity index (χ4v) is 7.71. The van der Waals surface area contributed by atoms with Gasteiger partial charge in [0.05, 0.1) is 0 Å². The van der Waals surface area contributed by atoms with E-state index in [4.69, 9.17) is 0 Å². The Bertz CT molecular complexity index is 353. The minimum atomic E-state index is -0.663. The number of hydrogen-bond acceptors (Lipinski definition) is 1. The third-order valence-electron chi connectivity index (χ3n) is 4.74. The van der Waals surface area contributed by atoms with Gasteiger partial charge in [0.1, 0.15) is 8.96 Å². The predicted octanol–water partition coefficient (Wildman–Crippen LogP) is 4.34. The predicted molar refractivity (Wildman–Crippen MR) is 81.8 cm³/mol. The molecule has 0 aromatic heterocycles. The van der Waals surface area contributed by atoms with Gasteiger partial charge in [0.15, 0.2) is 0 Å². The van der Waals surface area contributed by atoms with Crippen molar-refractivity contribution in [2.24, 2.45) is 0 Å². The number of rotatable bonds is 3. The van der Waals surface area contributed by atoms with Crippen molar-refractivity contribution in [3.63, 3.8) is 0 Å². The van der Waals surface area contributed by atoms with Gasteiger partial charge in [-0.3, -0.25) is 0 Å². The van der Waals surface area contributed by atoms with E-state index in [-0.39, 0.29) is 0 Å². The molecule has 1 saturated carbocycles. The van der Waals surface area contributed by atoms with Crippen LogP contribution in [0.4, 0.5) is 5.69 Å². The monoisotopic (exact) mass is 259 g/mol. The lowest BCUT2D eigenvalue weighted by Crippen LogP contribution is -2.46. The quantitative estimate of drug-likeness (QED) is 0.730. The maximum Gasteiger partial charge on any atom is 0.140 e. The molecule has 1 heterocycles. The van der Waals surface area contributed by atoms with Gasteiger partial charge in [-0.1, -0.05) is 50.3 Å². The largest absolute Gasteiger partial charge is 0.398 e. The number of para-hydroxylation sites is 1. The van der Waals surface area contributed by atoms with Crippen LogP contribution in [-0.2, 0) is 0 Å². The molecule has 1 aromatic rings. The van der Waals surface area contributed by atoms with E-state index in [1.54, 1.807) is 12.1 Å². The van der Waals surface area contributed by atoms with E-state index in [1.807, 2.05) is 0 Å². The van der Waals surface area contributed by atoms with Crippen molar-refractivity contribution >= 4 is 14.6 Å². The fourth-order valence-electron chi connectivity index (χ4n) is 3.86. The summed E-state index contributed by atoms with van der Waals surface area (Å²) >= 11 is 0. The molecule has 18 heavy (non-hydrogen) atoms. The Balaban J connectivity index is 1.82. The minimum absolute atomic E-state index is 0.663. The number of nitrogens with zero attached hydrogens (tertiary/aromatic N) is 1. The number of anilines is 1. The van der Waals surface area contributed by atoms with E-state index in [2.05, 4.69) is 34.9 Å². The Kier molecular flexibility index (Phi) is 4.04. The Morgan fingerprint density at radius 1 is 0.833 bits per heavy atom. The molecule has 0 radical (unpaired) electrons. The first-order valence-electron chi connectivity index (χ1n) is 7.78. The second-order valence-corrected chi connectivity index (χ2v) is 8.99. The van der Waals surface area contributed by atoms with Crippen LogP contribution in [0, 0.1) is 0 Å². The Hall–Kier alpha value is -0.763. The topological polar surface area (TPSA) is 3.24 Å². The molecule has 1 saturated heterocycles. The molecule has 2 fully saturated rings. The van der Waals surface area contributed by atoms with Crippen molar-refractivity contribution in [2.75, 3.05) is 4.57 Å². The normalized spacial score (nSPS) is 22.2. The molecule has 0 amide bonds. The highest BCUT2D eigenvalue weighted by molar-refractivity contribution is 6.64. The first kappa shape index (κ1) is 12.3. The van der Waals surface area contributed by atoms with Crippen LogP contribution in [0.15, 0.2) is 30.3 Å². The molecule has 2 heteroatoms. The van der Waals surface area contributed by atoms with Crippen LogP contribution in [0.1, 0.15) is 44.9 Å². The summed E-state index contributed by atoms with van der Waals surface area (Å²) in [6.07, 6.45) is 10.2. The van der Waals surface area contributed by atoms with Gasteiger partial charge >= 0.3 is 0 Å². The molecule has 0 unspecified atom stereocenters. The molecule has 98 valence electrons. The maximum atomic E-state index is 2.92. The molecule has 2 aliphatic rings. The maximum absolute atomic E-state index is 2.92. The van der Waals surface area contributed by atoms with E-state index in [0.717, 1.165) is 6.04 Å². The van der Waals surface area contributed by atoms with Crippen LogP contribution in [0.5, 0.6) is 0 Å². The lowest BCUT2D eigenvalue weighted by atomic mass is 9.95. The van der Waals surface area contributed by atoms with Crippen molar-refractivity contribution in [1.29, 1.82) is 0 Å². The van der Waals surface area contributed by atoms with Gasteiger partial charge in [-0.2, -0.15) is 0 Å². The summed E-state index contributed by atoms with van der Waals surface area (Å²) in [7, 11) is -0.663. The number of benzene rings is 1. The smallest absolute Gasteiger partial charge is 0.140 e. The van der Waals surface area contributed by atoms with Gasteiger partial charge in [0, 0.05) is 11.7 Å². The zero-order valence-electron chi connectivity index (χ0n) is 11.4. The van der Waals surface area contributed by atoms with Crippen LogP contribution in [0.25, 0.3) is 0 Å². The van der Waals surface area contributed by atoms with Crippen LogP contribution < -0.4 is 4.57 Å². The van der Waals surface area contributed by atoms with Gasteiger partial charge in [0.25, 0.3) is 0 Å². The van der Waals surface area contributed by atoms with E-state index in [0.29, 0.717) is 0 Å². The standard InChI is InChI=1S/C16H25NSi/c1-3-9-15(10-4-1)17(18-13-7-8-14-18)16-11-5-2-6-12-16/h1,3-4,9-10,16,18H,2,5-8,11-14H2. The molecule has 0 atom stereocenters. The summed E-state index contributed by atoms with van der Waals surface area (Å²) in [4.78, 5) is 0. The highest BCUT2D eigenvalue weighted by Crippen LogP contribution is 2.33. The van der Waals surface area contributed by atoms with Gasteiger partial charge in [-0.15, -0.1) is 0 Å². The van der Waals surface area contributed by atoms with Crippen molar-refractivity contribution in [2.45, 2.75) is 63.1 Å². The third kappa shape index (κ3) is 2.63. The molecule has 0 N–H and O–H groups in total. The first-order valence-corrected chi connectivity index (χ1v) is 9.93. The summed E-state index contributed by atoms with van der Waals surface area (Å²) in [6.45, 7) is 0. The molecule has 1 nitrogen and oxygen atoms in total. The molecule has 0 spiro atoms. The highest BCUT2D eigenvalue weighted by Gasteiger charge is 2.30. The molecule has 1 aliphatic carbocycles. The van der Waals surface area contributed by atoms with Gasteiger partial charge < -0.3 is 4.57 Å². The van der Waals surface area contributed by atoms with Crippen LogP contribution in [-0.4, -0.2) is 15.0 Å². The molecular formula is C16H25NSi. The molecule has 3 rings (SSSR count). The average Bonchev–Trinajstić information content (AvgIpc) is 2.95. The minimum Gasteiger partial charge on any atom is -0.398 e. The van der Waals surface area contributed by atoms with Crippen molar-refractivity contribution < 1.29 is 0 Å². The van der Waals surface area contributed by atoms with E-state index >= 15 is 0 Å². The third-order valence-corrected chi connectivity index (χ3v) is 8.40. The van der Waals surface area contributed by atoms with Crippen molar-refractivity contribution in [3.8, 4) is 0 Å². The van der Waals surface area contributed by atoms with Gasteiger partial charge in [-0.05, 0) is 37.1 Å². The van der Waals surface area contributed by atoms with E-state index in [9.17, 15) is 0 Å². The molecular weight excluding hydrogens is 234 g/mol. The molecule has 1 aromatic carbocycles. The summed E-state index contributed by atoms with van der Waals surface area (Å²) in [5.41, 5.74) is 1.53. The first-order chi connectivity index (χ1) is 8.95. The zero-order chi connectivity index (χ0) is 12.2. The van der Waals surface area contributed by atoms with Crippen molar-refractivity contribution in [1.82, 2.24) is 0 Å². The van der Waals surface area contributed by atoms with Crippen molar-refractivity contribution in [3.05, 3.63) is 30.3 Å². The summed E-state index contributed by atoms with van der Waals surface area (Å²) in [5.74, 6) is 0. The van der Waals surface area contributed by atoms with E-state index < -0.39 is 8.96 Å². The highest BCUT2D eigenvalue weighted by atomic mass is 28.3. The second-order valence-electron chi connectivity index (χ2n) is 5.97. The second kappa shape index (κ2) is 5.92. The molecule has 1 aliphatic heterocycles. The zero-order valence-corrected chi connectivity index (χ0v) is 12.5. The van der Waals surface area contributed by atoms with Gasteiger partial charge in [0.2, 0.25) is 0 Å². The molecule has 0 bridgehead atoms. The summed E-state index contributed by atoms with van der Waals surface area (Å²) < 4.78 is 2.92. The van der Waals surface area contributed by atoms with Crippen LogP contribution >= 0.6 is 0 Å². The van der Waals surface area contributed by atoms with E-state index in [1.165, 1.54) is 50.6 Å². The van der Waals surface area contributed by atoms with Crippen LogP contribution in [0.2, 0.25) is 12.1 Å².